The predicted molar refractivity (Wildman–Crippen MR) is 95.0 cm³/mol. The summed E-state index contributed by atoms with van der Waals surface area (Å²) in [5.41, 5.74) is 2.14. The molecule has 0 aliphatic rings. The third-order valence-electron chi connectivity index (χ3n) is 2.72. The minimum absolute atomic E-state index is 0. The van der Waals surface area contributed by atoms with Crippen molar-refractivity contribution in [3.63, 3.8) is 0 Å². The number of benzene rings is 1. The Hall–Kier alpha value is -0.620. The third kappa shape index (κ3) is 5.58. The maximum Gasteiger partial charge on any atom is 0.138 e. The summed E-state index contributed by atoms with van der Waals surface area (Å²) in [5.74, 6) is 0.893. The largest absolute Gasteiger partial charge is 0.492 e. The molecule has 114 valence electrons. The van der Waals surface area contributed by atoms with Gasteiger partial charge in [-0.2, -0.15) is 0 Å². The lowest BCUT2D eigenvalue weighted by Gasteiger charge is -2.13. The first-order valence-electron chi connectivity index (χ1n) is 6.42. The van der Waals surface area contributed by atoms with Gasteiger partial charge in [-0.05, 0) is 47.1 Å². The Labute approximate surface area is 148 Å². The minimum Gasteiger partial charge on any atom is -0.492 e. The van der Waals surface area contributed by atoms with Crippen molar-refractivity contribution in [3.8, 4) is 5.75 Å². The van der Waals surface area contributed by atoms with Gasteiger partial charge in [-0.1, -0.05) is 22.0 Å². The van der Waals surface area contributed by atoms with Crippen LogP contribution < -0.4 is 10.1 Å². The molecule has 2 rings (SSSR count). The molecule has 0 unspecified atom stereocenters. The fourth-order valence-electron chi connectivity index (χ4n) is 1.88. The molecule has 1 heterocycles. The highest BCUT2D eigenvalue weighted by Crippen LogP contribution is 2.32. The number of halogens is 3. The van der Waals surface area contributed by atoms with Gasteiger partial charge in [0, 0.05) is 29.3 Å². The van der Waals surface area contributed by atoms with Gasteiger partial charge in [0.25, 0.3) is 0 Å². The summed E-state index contributed by atoms with van der Waals surface area (Å²) in [6.07, 6.45) is 1.80. The van der Waals surface area contributed by atoms with Gasteiger partial charge in [0.15, 0.2) is 0 Å². The molecule has 1 N–H and O–H groups in total. The van der Waals surface area contributed by atoms with Crippen LogP contribution >= 0.6 is 44.3 Å². The average Bonchev–Trinajstić information content (AvgIpc) is 2.43. The second kappa shape index (κ2) is 9.41. The molecule has 1 aromatic heterocycles. The van der Waals surface area contributed by atoms with Crippen LogP contribution in [-0.2, 0) is 13.1 Å². The molecular formula is C15H17Br2ClN2O. The zero-order chi connectivity index (χ0) is 14.4. The molecule has 0 saturated heterocycles. The van der Waals surface area contributed by atoms with Crippen LogP contribution in [0.2, 0.25) is 0 Å². The monoisotopic (exact) mass is 434 g/mol. The summed E-state index contributed by atoms with van der Waals surface area (Å²) >= 11 is 7.05. The van der Waals surface area contributed by atoms with E-state index in [2.05, 4.69) is 48.2 Å². The molecule has 0 bridgehead atoms. The zero-order valence-corrected chi connectivity index (χ0v) is 15.6. The van der Waals surface area contributed by atoms with E-state index < -0.39 is 0 Å². The Morgan fingerprint density at radius 1 is 1.19 bits per heavy atom. The van der Waals surface area contributed by atoms with E-state index in [-0.39, 0.29) is 12.4 Å². The Morgan fingerprint density at radius 2 is 2.00 bits per heavy atom. The number of hydrogen-bond donors (Lipinski definition) is 1. The first kappa shape index (κ1) is 18.4. The van der Waals surface area contributed by atoms with E-state index in [1.807, 2.05) is 31.2 Å². The average molecular weight is 437 g/mol. The van der Waals surface area contributed by atoms with E-state index in [4.69, 9.17) is 4.74 Å². The first-order valence-corrected chi connectivity index (χ1v) is 8.00. The summed E-state index contributed by atoms with van der Waals surface area (Å²) in [6, 6.07) is 9.98. The van der Waals surface area contributed by atoms with E-state index in [9.17, 15) is 0 Å². The van der Waals surface area contributed by atoms with E-state index in [1.54, 1.807) is 6.20 Å². The van der Waals surface area contributed by atoms with Crippen molar-refractivity contribution >= 4 is 44.3 Å². The molecule has 21 heavy (non-hydrogen) atoms. The lowest BCUT2D eigenvalue weighted by molar-refractivity contribution is 0.333. The van der Waals surface area contributed by atoms with Crippen molar-refractivity contribution in [1.82, 2.24) is 10.3 Å². The number of nitrogens with zero attached hydrogens (tertiary/aromatic N) is 1. The number of ether oxygens (including phenoxy) is 1. The third-order valence-corrected chi connectivity index (χ3v) is 3.77. The maximum atomic E-state index is 5.70. The highest BCUT2D eigenvalue weighted by molar-refractivity contribution is 9.11. The highest BCUT2D eigenvalue weighted by Gasteiger charge is 2.09. The Bertz CT molecular complexity index is 567. The molecule has 0 atom stereocenters. The number of nitrogens with one attached hydrogen (secondary N) is 1. The molecule has 0 spiro atoms. The SMILES string of the molecule is CCOc1c(Br)cc(Br)cc1CNCc1ccccn1.Cl. The molecule has 3 nitrogen and oxygen atoms in total. The van der Waals surface area contributed by atoms with Gasteiger partial charge >= 0.3 is 0 Å². The summed E-state index contributed by atoms with van der Waals surface area (Å²) < 4.78 is 7.69. The summed E-state index contributed by atoms with van der Waals surface area (Å²) in [5, 5.41) is 3.39. The van der Waals surface area contributed by atoms with Crippen molar-refractivity contribution in [2.45, 2.75) is 20.0 Å². The standard InChI is InChI=1S/C15H16Br2N2O.ClH/c1-2-20-15-11(7-12(16)8-14(15)17)9-18-10-13-5-3-4-6-19-13;/h3-8,18H,2,9-10H2,1H3;1H. The second-order valence-electron chi connectivity index (χ2n) is 4.23. The lowest BCUT2D eigenvalue weighted by Crippen LogP contribution is -2.14. The summed E-state index contributed by atoms with van der Waals surface area (Å²) in [7, 11) is 0. The Balaban J connectivity index is 0.00000220. The van der Waals surface area contributed by atoms with Crippen LogP contribution in [0.15, 0.2) is 45.5 Å². The van der Waals surface area contributed by atoms with Gasteiger partial charge in [-0.15, -0.1) is 12.4 Å². The van der Waals surface area contributed by atoms with Crippen molar-refractivity contribution < 1.29 is 4.74 Å². The first-order chi connectivity index (χ1) is 9.70. The molecule has 0 amide bonds. The summed E-state index contributed by atoms with van der Waals surface area (Å²) in [4.78, 5) is 4.29. The molecule has 1 aromatic carbocycles. The zero-order valence-electron chi connectivity index (χ0n) is 11.6. The predicted octanol–water partition coefficient (Wildman–Crippen LogP) is 4.72. The van der Waals surface area contributed by atoms with Crippen molar-refractivity contribution in [2.75, 3.05) is 6.61 Å². The molecule has 0 aliphatic carbocycles. The second-order valence-corrected chi connectivity index (χ2v) is 6.00. The fourth-order valence-corrected chi connectivity index (χ4v) is 3.31. The Kier molecular flexibility index (Phi) is 8.26. The number of rotatable bonds is 6. The minimum atomic E-state index is 0. The molecule has 6 heteroatoms. The van der Waals surface area contributed by atoms with Crippen molar-refractivity contribution in [1.29, 1.82) is 0 Å². The van der Waals surface area contributed by atoms with Crippen LogP contribution in [0, 0.1) is 0 Å². The van der Waals surface area contributed by atoms with E-state index >= 15 is 0 Å². The molecular weight excluding hydrogens is 419 g/mol. The van der Waals surface area contributed by atoms with Gasteiger partial charge in [-0.3, -0.25) is 4.98 Å². The number of hydrogen-bond acceptors (Lipinski definition) is 3. The molecule has 0 saturated carbocycles. The lowest BCUT2D eigenvalue weighted by atomic mass is 10.2. The van der Waals surface area contributed by atoms with Crippen molar-refractivity contribution in [2.24, 2.45) is 0 Å². The molecule has 0 fully saturated rings. The molecule has 0 radical (unpaired) electrons. The van der Waals surface area contributed by atoms with Crippen LogP contribution in [0.3, 0.4) is 0 Å². The van der Waals surface area contributed by atoms with Gasteiger partial charge in [0.05, 0.1) is 16.8 Å². The maximum absolute atomic E-state index is 5.70. The summed E-state index contributed by atoms with van der Waals surface area (Å²) in [6.45, 7) is 4.09. The Morgan fingerprint density at radius 3 is 2.67 bits per heavy atom. The van der Waals surface area contributed by atoms with E-state index in [1.165, 1.54) is 0 Å². The van der Waals surface area contributed by atoms with Crippen molar-refractivity contribution in [3.05, 3.63) is 56.7 Å². The molecule has 2 aromatic rings. The number of pyridine rings is 1. The fraction of sp³-hybridized carbons (Fsp3) is 0.267. The van der Waals surface area contributed by atoms with Gasteiger partial charge < -0.3 is 10.1 Å². The van der Waals surface area contributed by atoms with Gasteiger partial charge in [0.1, 0.15) is 5.75 Å². The van der Waals surface area contributed by atoms with Crippen LogP contribution in [0.25, 0.3) is 0 Å². The highest BCUT2D eigenvalue weighted by atomic mass is 79.9. The smallest absolute Gasteiger partial charge is 0.138 e. The van der Waals surface area contributed by atoms with E-state index in [0.29, 0.717) is 6.61 Å². The van der Waals surface area contributed by atoms with Crippen LogP contribution in [0.4, 0.5) is 0 Å². The van der Waals surface area contributed by atoms with Crippen LogP contribution in [-0.4, -0.2) is 11.6 Å². The molecule has 0 aliphatic heterocycles. The van der Waals surface area contributed by atoms with Crippen LogP contribution in [0.5, 0.6) is 5.75 Å². The van der Waals surface area contributed by atoms with Crippen LogP contribution in [0.1, 0.15) is 18.2 Å². The topological polar surface area (TPSA) is 34.1 Å². The quantitative estimate of drug-likeness (QED) is 0.712. The number of aromatic nitrogens is 1. The van der Waals surface area contributed by atoms with E-state index in [0.717, 1.165) is 39.0 Å². The van der Waals surface area contributed by atoms with Gasteiger partial charge in [0.2, 0.25) is 0 Å². The van der Waals surface area contributed by atoms with Gasteiger partial charge in [-0.25, -0.2) is 0 Å². The normalized spacial score (nSPS) is 10.0.